The lowest BCUT2D eigenvalue weighted by molar-refractivity contribution is 0.102. The van der Waals surface area contributed by atoms with Gasteiger partial charge in [0.25, 0.3) is 5.91 Å². The Morgan fingerprint density at radius 1 is 0.966 bits per heavy atom. The third kappa shape index (κ3) is 4.03. The van der Waals surface area contributed by atoms with Crippen LogP contribution in [0.15, 0.2) is 61.1 Å². The number of rotatable bonds is 4. The predicted octanol–water partition coefficient (Wildman–Crippen LogP) is 4.83. The molecule has 4 aromatic rings. The fourth-order valence-corrected chi connectivity index (χ4v) is 2.82. The minimum absolute atomic E-state index is 0.101. The third-order valence-corrected chi connectivity index (χ3v) is 4.48. The highest BCUT2D eigenvalue weighted by Gasteiger charge is 2.14. The average Bonchev–Trinajstić information content (AvgIpc) is 2.71. The fraction of sp³-hybridized carbons (Fsp3) is 0.0909. The molecule has 0 atom stereocenters. The molecule has 0 fully saturated rings. The van der Waals surface area contributed by atoms with E-state index in [0.29, 0.717) is 28.4 Å². The second kappa shape index (κ2) is 7.63. The number of anilines is 1. The topological polar surface area (TPSA) is 77.0 Å². The zero-order valence-corrected chi connectivity index (χ0v) is 15.8. The van der Waals surface area contributed by atoms with Crippen molar-refractivity contribution in [2.45, 2.75) is 13.8 Å². The molecule has 0 saturated carbocycles. The van der Waals surface area contributed by atoms with Crippen LogP contribution in [0.25, 0.3) is 11.0 Å². The molecular weight excluding hydrogens is 371 g/mol. The van der Waals surface area contributed by atoms with Gasteiger partial charge in [-0.05, 0) is 49.2 Å². The normalized spacial score (nSPS) is 10.7. The number of pyridine rings is 1. The quantitative estimate of drug-likeness (QED) is 0.542. The Labute approximate surface area is 166 Å². The number of fused-ring (bicyclic) bond motifs is 1. The number of amides is 1. The van der Waals surface area contributed by atoms with Crippen molar-refractivity contribution in [3.05, 3.63) is 83.6 Å². The number of halogens is 1. The lowest BCUT2D eigenvalue weighted by atomic mass is 10.1. The van der Waals surface area contributed by atoms with Crippen LogP contribution >= 0.6 is 0 Å². The number of nitrogens with zero attached hydrogens (tertiary/aromatic N) is 3. The number of aryl methyl sites for hydroxylation is 2. The molecule has 0 saturated heterocycles. The van der Waals surface area contributed by atoms with E-state index in [4.69, 9.17) is 4.74 Å². The summed E-state index contributed by atoms with van der Waals surface area (Å²) in [6.45, 7) is 4.04. The second-order valence-electron chi connectivity index (χ2n) is 6.56. The van der Waals surface area contributed by atoms with Gasteiger partial charge in [-0.2, -0.15) is 0 Å². The van der Waals surface area contributed by atoms with Crippen molar-refractivity contribution < 1.29 is 13.9 Å². The molecule has 1 N–H and O–H groups in total. The van der Waals surface area contributed by atoms with Gasteiger partial charge < -0.3 is 10.1 Å². The van der Waals surface area contributed by atoms with E-state index in [1.165, 1.54) is 30.2 Å². The minimum Gasteiger partial charge on any atom is -0.439 e. The molecule has 2 heterocycles. The second-order valence-corrected chi connectivity index (χ2v) is 6.56. The molecule has 0 aliphatic heterocycles. The molecule has 0 spiro atoms. The van der Waals surface area contributed by atoms with Crippen molar-refractivity contribution in [1.29, 1.82) is 0 Å². The largest absolute Gasteiger partial charge is 0.439 e. The van der Waals surface area contributed by atoms with E-state index < -0.39 is 11.7 Å². The number of aromatic nitrogens is 3. The first kappa shape index (κ1) is 18.5. The van der Waals surface area contributed by atoms with Gasteiger partial charge in [0.05, 0.1) is 23.0 Å². The molecule has 0 bridgehead atoms. The first-order valence-corrected chi connectivity index (χ1v) is 8.92. The van der Waals surface area contributed by atoms with Crippen LogP contribution in [0.2, 0.25) is 0 Å². The van der Waals surface area contributed by atoms with E-state index in [-0.39, 0.29) is 5.56 Å². The molecule has 7 heteroatoms. The third-order valence-electron chi connectivity index (χ3n) is 4.48. The van der Waals surface area contributed by atoms with Crippen LogP contribution in [0.4, 0.5) is 10.1 Å². The summed E-state index contributed by atoms with van der Waals surface area (Å²) in [7, 11) is 0. The fourth-order valence-electron chi connectivity index (χ4n) is 2.82. The van der Waals surface area contributed by atoms with E-state index in [0.717, 1.165) is 11.6 Å². The molecule has 0 radical (unpaired) electrons. The molecule has 6 nitrogen and oxygen atoms in total. The zero-order chi connectivity index (χ0) is 20.4. The summed E-state index contributed by atoms with van der Waals surface area (Å²) >= 11 is 0. The molecule has 2 aromatic heterocycles. The van der Waals surface area contributed by atoms with Gasteiger partial charge >= 0.3 is 0 Å². The summed E-state index contributed by atoms with van der Waals surface area (Å²) in [6, 6.07) is 11.5. The summed E-state index contributed by atoms with van der Waals surface area (Å²) in [4.78, 5) is 25.0. The molecule has 4 rings (SSSR count). The van der Waals surface area contributed by atoms with E-state index >= 15 is 0 Å². The SMILES string of the molecule is Cc1ccc(Oc2ccc(NC(=O)c3cc(F)cc4nccnc34)cn2)cc1C. The lowest BCUT2D eigenvalue weighted by Gasteiger charge is -2.09. The maximum Gasteiger partial charge on any atom is 0.258 e. The highest BCUT2D eigenvalue weighted by molar-refractivity contribution is 6.11. The number of hydrogen-bond donors (Lipinski definition) is 1. The monoisotopic (exact) mass is 388 g/mol. The van der Waals surface area contributed by atoms with Crippen LogP contribution in [-0.2, 0) is 0 Å². The Bertz CT molecular complexity index is 1210. The summed E-state index contributed by atoms with van der Waals surface area (Å²) in [5, 5.41) is 2.69. The lowest BCUT2D eigenvalue weighted by Crippen LogP contribution is -2.13. The van der Waals surface area contributed by atoms with Gasteiger partial charge in [0, 0.05) is 24.5 Å². The first-order valence-electron chi connectivity index (χ1n) is 8.92. The number of hydrogen-bond acceptors (Lipinski definition) is 5. The van der Waals surface area contributed by atoms with Crippen LogP contribution in [-0.4, -0.2) is 20.9 Å². The van der Waals surface area contributed by atoms with Gasteiger partial charge in [-0.1, -0.05) is 6.07 Å². The average molecular weight is 388 g/mol. The Kier molecular flexibility index (Phi) is 4.87. The van der Waals surface area contributed by atoms with E-state index in [1.54, 1.807) is 12.1 Å². The van der Waals surface area contributed by atoms with Gasteiger partial charge in [0.15, 0.2) is 0 Å². The van der Waals surface area contributed by atoms with Crippen LogP contribution in [0.1, 0.15) is 21.5 Å². The number of ether oxygens (including phenoxy) is 1. The molecular formula is C22H17FN4O2. The van der Waals surface area contributed by atoms with Crippen molar-refractivity contribution in [2.24, 2.45) is 0 Å². The highest BCUT2D eigenvalue weighted by Crippen LogP contribution is 2.23. The van der Waals surface area contributed by atoms with E-state index in [2.05, 4.69) is 20.3 Å². The van der Waals surface area contributed by atoms with Crippen molar-refractivity contribution in [1.82, 2.24) is 15.0 Å². The number of carbonyl (C=O) groups is 1. The van der Waals surface area contributed by atoms with Crippen molar-refractivity contribution in [2.75, 3.05) is 5.32 Å². The minimum atomic E-state index is -0.557. The standard InChI is InChI=1S/C22H17FN4O2/c1-13-3-5-17(9-14(13)2)29-20-6-4-16(12-26-20)27-22(28)18-10-15(23)11-19-21(18)25-8-7-24-19/h3-12H,1-2H3,(H,27,28). The van der Waals surface area contributed by atoms with Gasteiger partial charge in [-0.3, -0.25) is 14.8 Å². The Morgan fingerprint density at radius 2 is 1.79 bits per heavy atom. The number of carbonyl (C=O) groups excluding carboxylic acids is 1. The summed E-state index contributed by atoms with van der Waals surface area (Å²) < 4.78 is 19.6. The Morgan fingerprint density at radius 3 is 2.55 bits per heavy atom. The highest BCUT2D eigenvalue weighted by atomic mass is 19.1. The van der Waals surface area contributed by atoms with Gasteiger partial charge in [0.1, 0.15) is 17.1 Å². The van der Waals surface area contributed by atoms with Gasteiger partial charge in [-0.15, -0.1) is 0 Å². The molecule has 1 amide bonds. The molecule has 144 valence electrons. The molecule has 0 unspecified atom stereocenters. The van der Waals surface area contributed by atoms with Crippen LogP contribution in [0.3, 0.4) is 0 Å². The molecule has 0 aliphatic carbocycles. The van der Waals surface area contributed by atoms with E-state index in [1.807, 2.05) is 32.0 Å². The Hall–Kier alpha value is -3.87. The van der Waals surface area contributed by atoms with Gasteiger partial charge in [-0.25, -0.2) is 9.37 Å². The number of nitrogens with one attached hydrogen (secondary N) is 1. The maximum absolute atomic E-state index is 13.8. The Balaban J connectivity index is 1.52. The van der Waals surface area contributed by atoms with Crippen LogP contribution in [0, 0.1) is 19.7 Å². The van der Waals surface area contributed by atoms with Crippen LogP contribution < -0.4 is 10.1 Å². The summed E-state index contributed by atoms with van der Waals surface area (Å²) in [6.07, 6.45) is 4.38. The van der Waals surface area contributed by atoms with Crippen LogP contribution in [0.5, 0.6) is 11.6 Å². The van der Waals surface area contributed by atoms with Gasteiger partial charge in [0.2, 0.25) is 5.88 Å². The number of benzene rings is 2. The summed E-state index contributed by atoms with van der Waals surface area (Å²) in [5.74, 6) is 0.0218. The zero-order valence-electron chi connectivity index (χ0n) is 15.8. The molecule has 0 aliphatic rings. The first-order chi connectivity index (χ1) is 14.0. The maximum atomic E-state index is 13.8. The predicted molar refractivity (Wildman–Crippen MR) is 108 cm³/mol. The molecule has 29 heavy (non-hydrogen) atoms. The molecule has 2 aromatic carbocycles. The van der Waals surface area contributed by atoms with Crippen molar-refractivity contribution >= 4 is 22.6 Å². The van der Waals surface area contributed by atoms with E-state index in [9.17, 15) is 9.18 Å². The summed E-state index contributed by atoms with van der Waals surface area (Å²) in [5.41, 5.74) is 3.49. The smallest absolute Gasteiger partial charge is 0.258 e. The van der Waals surface area contributed by atoms with Crippen molar-refractivity contribution in [3.8, 4) is 11.6 Å². The van der Waals surface area contributed by atoms with Crippen molar-refractivity contribution in [3.63, 3.8) is 0 Å².